The van der Waals surface area contributed by atoms with Crippen LogP contribution in [0.25, 0.3) is 0 Å². The van der Waals surface area contributed by atoms with Crippen LogP contribution in [0, 0.1) is 6.92 Å². The van der Waals surface area contributed by atoms with E-state index in [2.05, 4.69) is 9.47 Å². The van der Waals surface area contributed by atoms with Gasteiger partial charge in [0.25, 0.3) is 0 Å². The van der Waals surface area contributed by atoms with Crippen LogP contribution in [0.2, 0.25) is 0 Å². The van der Waals surface area contributed by atoms with Crippen molar-refractivity contribution < 1.29 is 57.2 Å². The molecular weight excluding hydrogens is 444 g/mol. The average molecular weight is 474 g/mol. The number of hydrogen-bond acceptors (Lipinski definition) is 12. The minimum atomic E-state index is -1.26. The lowest BCUT2D eigenvalue weighted by atomic mass is 10.2. The molecule has 0 rings (SSSR count). The van der Waals surface area contributed by atoms with Gasteiger partial charge in [-0.25, -0.2) is 9.59 Å². The van der Waals surface area contributed by atoms with Gasteiger partial charge in [0, 0.05) is 13.5 Å². The summed E-state index contributed by atoms with van der Waals surface area (Å²) < 4.78 is 28.6. The topological polar surface area (TPSA) is 158 Å². The molecule has 0 bridgehead atoms. The molecule has 0 N–H and O–H groups in total. The Morgan fingerprint density at radius 2 is 1.15 bits per heavy atom. The lowest BCUT2D eigenvalue weighted by Crippen LogP contribution is -2.32. The van der Waals surface area contributed by atoms with Gasteiger partial charge in [0.1, 0.15) is 32.2 Å². The maximum atomic E-state index is 11.9. The highest BCUT2D eigenvalue weighted by atomic mass is 16.7. The summed E-state index contributed by atoms with van der Waals surface area (Å²) in [5.74, 6) is -4.02. The van der Waals surface area contributed by atoms with E-state index in [4.69, 9.17) is 25.9 Å². The molecule has 186 valence electrons. The minimum Gasteiger partial charge on any atom is -0.462 e. The number of rotatable bonds is 15. The third-order valence-corrected chi connectivity index (χ3v) is 3.75. The van der Waals surface area contributed by atoms with Gasteiger partial charge in [0.2, 0.25) is 0 Å². The molecule has 2 radical (unpaired) electrons. The van der Waals surface area contributed by atoms with Gasteiger partial charge in [-0.15, -0.1) is 0 Å². The molecule has 0 aromatic rings. The van der Waals surface area contributed by atoms with Crippen molar-refractivity contribution in [2.75, 3.05) is 19.8 Å². The van der Waals surface area contributed by atoms with E-state index in [1.807, 2.05) is 0 Å². The molecule has 12 heteroatoms. The Labute approximate surface area is 192 Å². The molecule has 4 atom stereocenters. The van der Waals surface area contributed by atoms with Crippen molar-refractivity contribution in [3.8, 4) is 0 Å². The Morgan fingerprint density at radius 3 is 1.58 bits per heavy atom. The smallest absolute Gasteiger partial charge is 0.462 e. The molecule has 12 nitrogen and oxygen atoms in total. The normalized spacial score (nSPS) is 13.3. The maximum absolute atomic E-state index is 11.9. The van der Waals surface area contributed by atoms with Crippen LogP contribution in [0.4, 0.5) is 4.79 Å². The quantitative estimate of drug-likeness (QED) is 0.144. The van der Waals surface area contributed by atoms with Crippen LogP contribution in [-0.4, -0.2) is 79.9 Å². The molecule has 0 saturated carbocycles. The zero-order valence-electron chi connectivity index (χ0n) is 19.3. The molecular formula is C21H30O12. The fraction of sp³-hybridized carbons (Fsp3) is 0.667. The van der Waals surface area contributed by atoms with E-state index in [1.165, 1.54) is 27.7 Å². The van der Waals surface area contributed by atoms with Crippen LogP contribution < -0.4 is 0 Å². The van der Waals surface area contributed by atoms with Crippen molar-refractivity contribution in [1.29, 1.82) is 0 Å². The Hall–Kier alpha value is -3.02. The van der Waals surface area contributed by atoms with Crippen molar-refractivity contribution in [3.05, 3.63) is 6.92 Å². The van der Waals surface area contributed by atoms with Crippen LogP contribution >= 0.6 is 0 Å². The van der Waals surface area contributed by atoms with E-state index in [-0.39, 0.29) is 13.2 Å². The zero-order chi connectivity index (χ0) is 25.6. The van der Waals surface area contributed by atoms with Gasteiger partial charge in [0.15, 0.2) is 29.9 Å². The van der Waals surface area contributed by atoms with Gasteiger partial charge in [-0.1, -0.05) is 0 Å². The maximum Gasteiger partial charge on any atom is 0.509 e. The van der Waals surface area contributed by atoms with Gasteiger partial charge in [-0.05, 0) is 34.6 Å². The van der Waals surface area contributed by atoms with Gasteiger partial charge in [-0.3, -0.25) is 19.2 Å². The van der Waals surface area contributed by atoms with Crippen LogP contribution in [0.3, 0.4) is 0 Å². The highest BCUT2D eigenvalue weighted by Crippen LogP contribution is 2.05. The molecule has 0 heterocycles. The predicted molar refractivity (Wildman–Crippen MR) is 109 cm³/mol. The summed E-state index contributed by atoms with van der Waals surface area (Å²) in [6.07, 6.45) is -6.72. The fourth-order valence-corrected chi connectivity index (χ4v) is 2.03. The van der Waals surface area contributed by atoms with Crippen molar-refractivity contribution >= 4 is 35.6 Å². The average Bonchev–Trinajstić information content (AvgIpc) is 2.70. The monoisotopic (exact) mass is 474 g/mol. The molecule has 0 saturated heterocycles. The fourth-order valence-electron chi connectivity index (χ4n) is 2.03. The van der Waals surface area contributed by atoms with Crippen molar-refractivity contribution in [2.45, 2.75) is 71.9 Å². The van der Waals surface area contributed by atoms with Crippen LogP contribution in [0.1, 0.15) is 47.5 Å². The molecule has 33 heavy (non-hydrogen) atoms. The highest BCUT2D eigenvalue weighted by Gasteiger charge is 2.25. The first-order valence-corrected chi connectivity index (χ1v) is 10.2. The first-order chi connectivity index (χ1) is 15.4. The second kappa shape index (κ2) is 15.7. The molecule has 0 spiro atoms. The number of esters is 3. The van der Waals surface area contributed by atoms with Crippen LogP contribution in [-0.2, 0) is 52.4 Å². The molecule has 0 fully saturated rings. The van der Waals surface area contributed by atoms with E-state index in [0.29, 0.717) is 6.61 Å². The summed E-state index contributed by atoms with van der Waals surface area (Å²) in [5.41, 5.74) is 0. The summed E-state index contributed by atoms with van der Waals surface area (Å²) in [6, 6.07) is 0. The van der Waals surface area contributed by atoms with Crippen molar-refractivity contribution in [2.24, 2.45) is 0 Å². The SMILES string of the molecule is [CH]C(C)OC(=O)OC(C)C(=O)CC(=O)OCCOC(=O)CC(=O)C(C)OC(=O)C(C)OCC. The number of ether oxygens (including phenoxy) is 6. The summed E-state index contributed by atoms with van der Waals surface area (Å²) >= 11 is 0. The third-order valence-electron chi connectivity index (χ3n) is 3.75. The Bertz CT molecular complexity index is 699. The Balaban J connectivity index is 4.16. The van der Waals surface area contributed by atoms with Crippen molar-refractivity contribution in [3.63, 3.8) is 0 Å². The molecule has 0 aromatic carbocycles. The van der Waals surface area contributed by atoms with E-state index in [1.54, 1.807) is 6.92 Å². The second-order valence-corrected chi connectivity index (χ2v) is 6.74. The molecule has 0 aliphatic carbocycles. The van der Waals surface area contributed by atoms with Crippen molar-refractivity contribution in [1.82, 2.24) is 0 Å². The summed E-state index contributed by atoms with van der Waals surface area (Å²) in [5, 5.41) is 0. The van der Waals surface area contributed by atoms with Crippen LogP contribution in [0.15, 0.2) is 0 Å². The molecule has 4 unspecified atom stereocenters. The van der Waals surface area contributed by atoms with Gasteiger partial charge >= 0.3 is 24.1 Å². The molecule has 0 aliphatic rings. The van der Waals surface area contributed by atoms with E-state index in [0.717, 1.165) is 0 Å². The number of ketones is 2. The summed E-state index contributed by atoms with van der Waals surface area (Å²) in [4.78, 5) is 70.1. The number of carbonyl (C=O) groups is 6. The summed E-state index contributed by atoms with van der Waals surface area (Å²) in [6.45, 7) is 11.9. The van der Waals surface area contributed by atoms with Gasteiger partial charge in [0.05, 0.1) is 0 Å². The standard InChI is InChI=1S/C21H30O12/c1-7-28-15(6)20(26)32-13(4)16(22)10-18(24)29-8-9-30-19(25)11-17(23)14(5)33-21(27)31-12(2)3/h2,12-15H,7-11H2,1,3-6H3. The first-order valence-electron chi connectivity index (χ1n) is 10.2. The van der Waals surface area contributed by atoms with E-state index >= 15 is 0 Å². The highest BCUT2D eigenvalue weighted by molar-refractivity contribution is 5.99. The molecule has 0 aromatic heterocycles. The van der Waals surface area contributed by atoms with E-state index < -0.39 is 72.9 Å². The number of carbonyl (C=O) groups excluding carboxylic acids is 6. The minimum absolute atomic E-state index is 0.291. The molecule has 0 amide bonds. The predicted octanol–water partition coefficient (Wildman–Crippen LogP) is 0.989. The Kier molecular flexibility index (Phi) is 14.3. The third kappa shape index (κ3) is 13.9. The summed E-state index contributed by atoms with van der Waals surface area (Å²) in [7, 11) is 0. The lowest BCUT2D eigenvalue weighted by molar-refractivity contribution is -0.165. The van der Waals surface area contributed by atoms with E-state index in [9.17, 15) is 28.8 Å². The number of Topliss-reactive ketones (excluding diaryl/α,β-unsaturated/α-hetero) is 2. The number of hydrogen-bond donors (Lipinski definition) is 0. The van der Waals surface area contributed by atoms with Crippen LogP contribution in [0.5, 0.6) is 0 Å². The first kappa shape index (κ1) is 30.0. The largest absolute Gasteiger partial charge is 0.509 e. The Morgan fingerprint density at radius 1 is 0.697 bits per heavy atom. The van der Waals surface area contributed by atoms with Gasteiger partial charge < -0.3 is 28.4 Å². The zero-order valence-corrected chi connectivity index (χ0v) is 19.3. The second-order valence-electron chi connectivity index (χ2n) is 6.74. The molecule has 0 aliphatic heterocycles. The lowest BCUT2D eigenvalue weighted by Gasteiger charge is -2.15. The van der Waals surface area contributed by atoms with Gasteiger partial charge in [-0.2, -0.15) is 0 Å².